The van der Waals surface area contributed by atoms with Crippen LogP contribution in [0.15, 0.2) is 64.4 Å². The number of nitrogens with one attached hydrogen (secondary N) is 1. The third-order valence-electron chi connectivity index (χ3n) is 3.26. The Bertz CT molecular complexity index is 992. The average molecular weight is 340 g/mol. The van der Waals surface area contributed by atoms with E-state index in [0.717, 1.165) is 0 Å². The van der Waals surface area contributed by atoms with Gasteiger partial charge in [0.1, 0.15) is 11.8 Å². The Labute approximate surface area is 138 Å². The lowest BCUT2D eigenvalue weighted by atomic mass is 10.2. The van der Waals surface area contributed by atoms with Crippen molar-refractivity contribution in [3.05, 3.63) is 66.3 Å². The third-order valence-corrected chi connectivity index (χ3v) is 4.71. The van der Waals surface area contributed by atoms with Crippen LogP contribution in [0.25, 0.3) is 11.5 Å². The Morgan fingerprint density at radius 1 is 1.12 bits per heavy atom. The highest BCUT2D eigenvalue weighted by atomic mass is 32.2. The van der Waals surface area contributed by atoms with Crippen molar-refractivity contribution in [1.29, 1.82) is 5.26 Å². The van der Waals surface area contributed by atoms with Gasteiger partial charge in [-0.25, -0.2) is 18.1 Å². The number of furan rings is 1. The van der Waals surface area contributed by atoms with E-state index in [1.54, 1.807) is 24.3 Å². The van der Waals surface area contributed by atoms with Gasteiger partial charge in [-0.05, 0) is 24.3 Å². The van der Waals surface area contributed by atoms with Gasteiger partial charge in [-0.1, -0.05) is 12.1 Å². The molecule has 0 aliphatic heterocycles. The number of sulfonamides is 1. The van der Waals surface area contributed by atoms with Gasteiger partial charge >= 0.3 is 0 Å². The second-order valence-electron chi connectivity index (χ2n) is 4.76. The van der Waals surface area contributed by atoms with Crippen molar-refractivity contribution in [3.63, 3.8) is 0 Å². The number of hydrogen-bond acceptors (Lipinski definition) is 6. The zero-order valence-electron chi connectivity index (χ0n) is 12.4. The predicted molar refractivity (Wildman–Crippen MR) is 84.9 cm³/mol. The molecule has 0 aliphatic carbocycles. The minimum atomic E-state index is -3.86. The van der Waals surface area contributed by atoms with Gasteiger partial charge in [0.15, 0.2) is 5.76 Å². The fourth-order valence-corrected chi connectivity index (χ4v) is 3.29. The van der Waals surface area contributed by atoms with Crippen LogP contribution in [0, 0.1) is 11.3 Å². The molecule has 0 saturated carbocycles. The molecule has 0 fully saturated rings. The summed E-state index contributed by atoms with van der Waals surface area (Å²) in [7, 11) is -3.86. The van der Waals surface area contributed by atoms with Crippen molar-refractivity contribution in [1.82, 2.24) is 14.7 Å². The number of nitriles is 1. The molecule has 0 radical (unpaired) electrons. The molecule has 3 rings (SSSR count). The molecule has 0 spiro atoms. The van der Waals surface area contributed by atoms with E-state index < -0.39 is 10.0 Å². The first-order valence-corrected chi connectivity index (χ1v) is 8.42. The quantitative estimate of drug-likeness (QED) is 0.761. The third kappa shape index (κ3) is 3.17. The smallest absolute Gasteiger partial charge is 0.242 e. The fourth-order valence-electron chi connectivity index (χ4n) is 2.15. The van der Waals surface area contributed by atoms with E-state index in [2.05, 4.69) is 14.7 Å². The van der Waals surface area contributed by atoms with Crippen LogP contribution in [0.5, 0.6) is 0 Å². The van der Waals surface area contributed by atoms with Crippen LogP contribution in [-0.4, -0.2) is 18.4 Å². The van der Waals surface area contributed by atoms with E-state index in [9.17, 15) is 8.42 Å². The topological polar surface area (TPSA) is 109 Å². The SMILES string of the molecule is N#Cc1ccccc1S(=O)(=O)NCc1nccnc1-c1ccco1. The largest absolute Gasteiger partial charge is 0.463 e. The molecule has 1 aromatic carbocycles. The molecule has 8 heteroatoms. The maximum absolute atomic E-state index is 12.4. The molecular weight excluding hydrogens is 328 g/mol. The van der Waals surface area contributed by atoms with Crippen LogP contribution in [0.4, 0.5) is 0 Å². The molecule has 0 atom stereocenters. The maximum atomic E-state index is 12.4. The second-order valence-corrected chi connectivity index (χ2v) is 6.50. The Kier molecular flexibility index (Phi) is 4.37. The van der Waals surface area contributed by atoms with Gasteiger partial charge in [-0.15, -0.1) is 0 Å². The lowest BCUT2D eigenvalue weighted by molar-refractivity contribution is 0.573. The van der Waals surface area contributed by atoms with Gasteiger partial charge in [0, 0.05) is 12.4 Å². The monoisotopic (exact) mass is 340 g/mol. The Morgan fingerprint density at radius 2 is 1.92 bits per heavy atom. The fraction of sp³-hybridized carbons (Fsp3) is 0.0625. The summed E-state index contributed by atoms with van der Waals surface area (Å²) in [5, 5.41) is 9.06. The van der Waals surface area contributed by atoms with Crippen LogP contribution in [-0.2, 0) is 16.6 Å². The standard InChI is InChI=1S/C16H12N4O3S/c17-10-12-4-1-2-6-15(12)24(21,22)20-11-13-16(19-8-7-18-13)14-5-3-9-23-14/h1-9,20H,11H2. The summed E-state index contributed by atoms with van der Waals surface area (Å²) in [4.78, 5) is 8.27. The van der Waals surface area contributed by atoms with E-state index in [0.29, 0.717) is 17.1 Å². The van der Waals surface area contributed by atoms with Crippen LogP contribution < -0.4 is 4.72 Å². The highest BCUT2D eigenvalue weighted by molar-refractivity contribution is 7.89. The number of hydrogen-bond donors (Lipinski definition) is 1. The number of benzene rings is 1. The van der Waals surface area contributed by atoms with Gasteiger partial charge in [-0.2, -0.15) is 5.26 Å². The minimum Gasteiger partial charge on any atom is -0.463 e. The van der Waals surface area contributed by atoms with Crippen LogP contribution in [0.2, 0.25) is 0 Å². The summed E-state index contributed by atoms with van der Waals surface area (Å²) in [5.74, 6) is 0.495. The summed E-state index contributed by atoms with van der Waals surface area (Å²) in [6, 6.07) is 11.3. The van der Waals surface area contributed by atoms with E-state index in [4.69, 9.17) is 9.68 Å². The average Bonchev–Trinajstić information content (AvgIpc) is 3.15. The molecule has 2 aromatic heterocycles. The molecule has 0 saturated heterocycles. The first kappa shape index (κ1) is 15.9. The van der Waals surface area contributed by atoms with Gasteiger partial charge in [0.05, 0.1) is 29.0 Å². The number of rotatable bonds is 5. The van der Waals surface area contributed by atoms with E-state index >= 15 is 0 Å². The zero-order chi connectivity index (χ0) is 17.0. The Morgan fingerprint density at radius 3 is 2.67 bits per heavy atom. The lowest BCUT2D eigenvalue weighted by Gasteiger charge is -2.09. The van der Waals surface area contributed by atoms with Crippen LogP contribution in [0.1, 0.15) is 11.3 Å². The molecule has 3 aromatic rings. The maximum Gasteiger partial charge on any atom is 0.242 e. The van der Waals surface area contributed by atoms with Gasteiger partial charge in [0.25, 0.3) is 0 Å². The Hall–Kier alpha value is -3.02. The molecule has 120 valence electrons. The minimum absolute atomic E-state index is 0.0732. The summed E-state index contributed by atoms with van der Waals surface area (Å²) in [5.41, 5.74) is 0.958. The first-order chi connectivity index (χ1) is 11.6. The summed E-state index contributed by atoms with van der Waals surface area (Å²) >= 11 is 0. The van der Waals surface area contributed by atoms with Crippen molar-refractivity contribution in [2.24, 2.45) is 0 Å². The summed E-state index contributed by atoms with van der Waals surface area (Å²) in [6.45, 7) is -0.0774. The zero-order valence-corrected chi connectivity index (χ0v) is 13.2. The van der Waals surface area contributed by atoms with E-state index in [1.807, 2.05) is 6.07 Å². The van der Waals surface area contributed by atoms with Crippen LogP contribution >= 0.6 is 0 Å². The summed E-state index contributed by atoms with van der Waals surface area (Å²) in [6.07, 6.45) is 4.47. The molecular formula is C16H12N4O3S. The normalized spacial score (nSPS) is 11.1. The van der Waals surface area contributed by atoms with Gasteiger partial charge < -0.3 is 4.42 Å². The molecule has 2 heterocycles. The van der Waals surface area contributed by atoms with E-state index in [-0.39, 0.29) is 17.0 Å². The van der Waals surface area contributed by atoms with Crippen molar-refractivity contribution < 1.29 is 12.8 Å². The van der Waals surface area contributed by atoms with Crippen molar-refractivity contribution >= 4 is 10.0 Å². The lowest BCUT2D eigenvalue weighted by Crippen LogP contribution is -2.25. The van der Waals surface area contributed by atoms with Crippen molar-refractivity contribution in [2.45, 2.75) is 11.4 Å². The molecule has 0 aliphatic rings. The first-order valence-electron chi connectivity index (χ1n) is 6.94. The second kappa shape index (κ2) is 6.62. The molecule has 24 heavy (non-hydrogen) atoms. The van der Waals surface area contributed by atoms with Gasteiger partial charge in [0.2, 0.25) is 10.0 Å². The van der Waals surface area contributed by atoms with Crippen LogP contribution in [0.3, 0.4) is 0 Å². The molecule has 1 N–H and O–H groups in total. The molecule has 7 nitrogen and oxygen atoms in total. The Balaban J connectivity index is 1.88. The summed E-state index contributed by atoms with van der Waals surface area (Å²) < 4.78 is 32.6. The molecule has 0 bridgehead atoms. The van der Waals surface area contributed by atoms with Gasteiger partial charge in [-0.3, -0.25) is 4.98 Å². The highest BCUT2D eigenvalue weighted by Crippen LogP contribution is 2.21. The predicted octanol–water partition coefficient (Wildman–Crippen LogP) is 2.09. The highest BCUT2D eigenvalue weighted by Gasteiger charge is 2.19. The molecule has 0 unspecified atom stereocenters. The van der Waals surface area contributed by atoms with Crippen molar-refractivity contribution in [3.8, 4) is 17.5 Å². The number of nitrogens with zero attached hydrogens (tertiary/aromatic N) is 3. The van der Waals surface area contributed by atoms with E-state index in [1.165, 1.54) is 30.8 Å². The van der Waals surface area contributed by atoms with Crippen molar-refractivity contribution in [2.75, 3.05) is 0 Å². The number of aromatic nitrogens is 2. The molecule has 0 amide bonds.